The largest absolute Gasteiger partial charge is 0.363 e. The lowest BCUT2D eigenvalue weighted by molar-refractivity contribution is 0.0959. The molecule has 0 spiro atoms. The zero-order valence-corrected chi connectivity index (χ0v) is 10.4. The third kappa shape index (κ3) is 2.34. The molecule has 0 aromatic carbocycles. The van der Waals surface area contributed by atoms with Crippen LogP contribution in [0.2, 0.25) is 0 Å². The predicted octanol–water partition coefficient (Wildman–Crippen LogP) is 1.31. The molecule has 1 aliphatic heterocycles. The molecule has 0 radical (unpaired) electrons. The second kappa shape index (κ2) is 2.96. The maximum atomic E-state index is 11.1. The monoisotopic (exact) mass is 234 g/mol. The van der Waals surface area contributed by atoms with Gasteiger partial charge in [0.15, 0.2) is 0 Å². The van der Waals surface area contributed by atoms with Crippen LogP contribution in [0.25, 0.3) is 0 Å². The molecule has 2 aliphatic rings. The van der Waals surface area contributed by atoms with Crippen molar-refractivity contribution in [1.82, 2.24) is 0 Å². The van der Waals surface area contributed by atoms with Crippen LogP contribution >= 0.6 is 0 Å². The van der Waals surface area contributed by atoms with Crippen molar-refractivity contribution in [3.05, 3.63) is 0 Å². The van der Waals surface area contributed by atoms with Gasteiger partial charge >= 0.3 is 0 Å². The molecule has 1 aliphatic carbocycles. The van der Waals surface area contributed by atoms with E-state index in [9.17, 15) is 8.42 Å². The van der Waals surface area contributed by atoms with E-state index in [-0.39, 0.29) is 23.2 Å². The number of epoxide rings is 1. The average Bonchev–Trinajstić information content (AvgIpc) is 2.53. The Kier molecular flexibility index (Phi) is 2.24. The molecule has 0 bridgehead atoms. The van der Waals surface area contributed by atoms with E-state index in [2.05, 4.69) is 13.8 Å². The summed E-state index contributed by atoms with van der Waals surface area (Å²) in [5.41, 5.74) is -0.0891. The van der Waals surface area contributed by atoms with Crippen LogP contribution in [0.5, 0.6) is 0 Å². The fourth-order valence-corrected chi connectivity index (χ4v) is 3.47. The summed E-state index contributed by atoms with van der Waals surface area (Å²) in [6, 6.07) is 0. The highest BCUT2D eigenvalue weighted by molar-refractivity contribution is 7.86. The molecule has 0 aromatic rings. The van der Waals surface area contributed by atoms with Gasteiger partial charge in [-0.25, -0.2) is 0 Å². The van der Waals surface area contributed by atoms with E-state index in [0.29, 0.717) is 0 Å². The Morgan fingerprint density at radius 2 is 1.93 bits per heavy atom. The first-order chi connectivity index (χ1) is 6.61. The van der Waals surface area contributed by atoms with Crippen LogP contribution in [0.3, 0.4) is 0 Å². The highest BCUT2D eigenvalue weighted by Gasteiger charge is 2.63. The van der Waals surface area contributed by atoms with Crippen LogP contribution in [0, 0.1) is 5.41 Å². The topological polar surface area (TPSA) is 55.9 Å². The van der Waals surface area contributed by atoms with Gasteiger partial charge < -0.3 is 4.74 Å². The third-order valence-electron chi connectivity index (χ3n) is 3.16. The highest BCUT2D eigenvalue weighted by atomic mass is 32.2. The zero-order chi connectivity index (χ0) is 11.5. The first kappa shape index (κ1) is 11.4. The van der Waals surface area contributed by atoms with E-state index in [0.717, 1.165) is 19.1 Å². The molecule has 1 saturated carbocycles. The van der Waals surface area contributed by atoms with Gasteiger partial charge in [-0.15, -0.1) is 0 Å². The maximum absolute atomic E-state index is 11.1. The van der Waals surface area contributed by atoms with Crippen LogP contribution in [0.4, 0.5) is 0 Å². The van der Waals surface area contributed by atoms with Gasteiger partial charge in [-0.2, -0.15) is 8.42 Å². The van der Waals surface area contributed by atoms with Gasteiger partial charge in [0.1, 0.15) is 12.2 Å². The summed E-state index contributed by atoms with van der Waals surface area (Å²) in [6.07, 6.45) is 2.44. The second-order valence-electron chi connectivity index (χ2n) is 5.74. The van der Waals surface area contributed by atoms with Crippen LogP contribution in [0.15, 0.2) is 0 Å². The van der Waals surface area contributed by atoms with E-state index in [1.54, 1.807) is 0 Å². The van der Waals surface area contributed by atoms with Crippen molar-refractivity contribution in [3.8, 4) is 0 Å². The predicted molar refractivity (Wildman–Crippen MR) is 56.0 cm³/mol. The Morgan fingerprint density at radius 3 is 2.47 bits per heavy atom. The third-order valence-corrected chi connectivity index (χ3v) is 3.76. The lowest BCUT2D eigenvalue weighted by atomic mass is 9.71. The Morgan fingerprint density at radius 1 is 1.33 bits per heavy atom. The average molecular weight is 234 g/mol. The lowest BCUT2D eigenvalue weighted by Crippen LogP contribution is -2.40. The normalized spacial score (nSPS) is 43.5. The molecule has 0 N–H and O–H groups in total. The van der Waals surface area contributed by atoms with Gasteiger partial charge in [-0.1, -0.05) is 13.8 Å². The summed E-state index contributed by atoms with van der Waals surface area (Å²) in [6.45, 7) is 6.26. The fraction of sp³-hybridized carbons (Fsp3) is 1.00. The van der Waals surface area contributed by atoms with E-state index in [4.69, 9.17) is 8.92 Å². The van der Waals surface area contributed by atoms with Gasteiger partial charge in [0.25, 0.3) is 10.1 Å². The standard InChI is InChI=1S/C10H18O4S/c1-9(2)5-7(14-15(4,11)12)8-10(3,6-9)13-8/h7-8H,5-6H2,1-4H3/t7-,8-,10+/m1/s1. The molecule has 88 valence electrons. The Bertz CT molecular complexity index is 370. The van der Waals surface area contributed by atoms with E-state index < -0.39 is 10.1 Å². The van der Waals surface area contributed by atoms with Crippen LogP contribution < -0.4 is 0 Å². The SMILES string of the molecule is CC1(C)C[C@@H](OS(C)(=O)=O)[C@H]2O[C@@]2(C)C1. The van der Waals surface area contributed by atoms with Crippen LogP contribution in [0.1, 0.15) is 33.6 Å². The summed E-state index contributed by atoms with van der Waals surface area (Å²) in [7, 11) is -3.39. The minimum absolute atomic E-state index is 0.0414. The molecule has 4 nitrogen and oxygen atoms in total. The van der Waals surface area contributed by atoms with Crippen molar-refractivity contribution in [1.29, 1.82) is 0 Å². The first-order valence-electron chi connectivity index (χ1n) is 5.17. The molecule has 0 aromatic heterocycles. The van der Waals surface area contributed by atoms with Gasteiger partial charge in [0, 0.05) is 0 Å². The Balaban J connectivity index is 2.14. The Labute approximate surface area is 91.1 Å². The van der Waals surface area contributed by atoms with Gasteiger partial charge in [-0.3, -0.25) is 4.18 Å². The van der Waals surface area contributed by atoms with E-state index in [1.807, 2.05) is 6.92 Å². The summed E-state index contributed by atoms with van der Waals surface area (Å²) >= 11 is 0. The lowest BCUT2D eigenvalue weighted by Gasteiger charge is -2.34. The minimum Gasteiger partial charge on any atom is -0.363 e. The summed E-state index contributed by atoms with van der Waals surface area (Å²) in [5.74, 6) is 0. The van der Waals surface area contributed by atoms with Crippen LogP contribution in [-0.4, -0.2) is 32.5 Å². The molecule has 5 heteroatoms. The summed E-state index contributed by atoms with van der Waals surface area (Å²) in [5, 5.41) is 0. The number of fused-ring (bicyclic) bond motifs is 1. The molecule has 0 amide bonds. The number of ether oxygens (including phenoxy) is 1. The highest BCUT2D eigenvalue weighted by Crippen LogP contribution is 2.54. The van der Waals surface area contributed by atoms with Crippen molar-refractivity contribution in [3.63, 3.8) is 0 Å². The number of rotatable bonds is 2. The zero-order valence-electron chi connectivity index (χ0n) is 9.61. The molecule has 3 atom stereocenters. The Hall–Kier alpha value is -0.130. The van der Waals surface area contributed by atoms with Crippen molar-refractivity contribution < 1.29 is 17.3 Å². The summed E-state index contributed by atoms with van der Waals surface area (Å²) < 4.78 is 32.9. The van der Waals surface area contributed by atoms with Gasteiger partial charge in [0.2, 0.25) is 0 Å². The molecular formula is C10H18O4S. The van der Waals surface area contributed by atoms with Crippen molar-refractivity contribution >= 4 is 10.1 Å². The number of hydrogen-bond acceptors (Lipinski definition) is 4. The molecule has 15 heavy (non-hydrogen) atoms. The fourth-order valence-electron chi connectivity index (χ4n) is 2.85. The van der Waals surface area contributed by atoms with Crippen molar-refractivity contribution in [2.75, 3.05) is 6.26 Å². The summed E-state index contributed by atoms with van der Waals surface area (Å²) in [4.78, 5) is 0. The quantitative estimate of drug-likeness (QED) is 0.534. The maximum Gasteiger partial charge on any atom is 0.264 e. The van der Waals surface area contributed by atoms with Crippen molar-refractivity contribution in [2.24, 2.45) is 5.41 Å². The molecule has 2 fully saturated rings. The first-order valence-corrected chi connectivity index (χ1v) is 6.99. The molecule has 2 rings (SSSR count). The van der Waals surface area contributed by atoms with Crippen molar-refractivity contribution in [2.45, 2.75) is 51.4 Å². The van der Waals surface area contributed by atoms with E-state index >= 15 is 0 Å². The number of hydrogen-bond donors (Lipinski definition) is 0. The second-order valence-corrected chi connectivity index (χ2v) is 7.34. The van der Waals surface area contributed by atoms with Crippen LogP contribution in [-0.2, 0) is 19.0 Å². The molecular weight excluding hydrogens is 216 g/mol. The van der Waals surface area contributed by atoms with E-state index in [1.165, 1.54) is 0 Å². The van der Waals surface area contributed by atoms with Gasteiger partial charge in [-0.05, 0) is 25.2 Å². The molecule has 1 heterocycles. The van der Waals surface area contributed by atoms with Gasteiger partial charge in [0.05, 0.1) is 11.9 Å². The smallest absolute Gasteiger partial charge is 0.264 e. The molecule has 1 saturated heterocycles. The molecule has 0 unspecified atom stereocenters. The minimum atomic E-state index is -3.39.